The first kappa shape index (κ1) is 35.2. The van der Waals surface area contributed by atoms with E-state index in [0.717, 1.165) is 47.7 Å². The molecule has 13 heteroatoms. The van der Waals surface area contributed by atoms with Crippen molar-refractivity contribution in [3.8, 4) is 0 Å². The molecule has 2 amide bonds. The number of aromatic nitrogens is 2. The summed E-state index contributed by atoms with van der Waals surface area (Å²) in [6, 6.07) is 7.67. The molecule has 0 radical (unpaired) electrons. The Morgan fingerprint density at radius 3 is 2.39 bits per heavy atom. The zero-order chi connectivity index (χ0) is 33.5. The van der Waals surface area contributed by atoms with Gasteiger partial charge in [0.25, 0.3) is 0 Å². The van der Waals surface area contributed by atoms with E-state index in [1.54, 1.807) is 6.92 Å². The number of nitrogens with zero attached hydrogens (tertiary/aromatic N) is 2. The van der Waals surface area contributed by atoms with Gasteiger partial charge in [-0.05, 0) is 73.4 Å². The van der Waals surface area contributed by atoms with Gasteiger partial charge in [0, 0.05) is 24.3 Å². The van der Waals surface area contributed by atoms with Crippen LogP contribution < -0.4 is 16.0 Å². The first-order valence-corrected chi connectivity index (χ1v) is 17.5. The first-order chi connectivity index (χ1) is 21.8. The van der Waals surface area contributed by atoms with Gasteiger partial charge in [-0.15, -0.1) is 0 Å². The number of sulfone groups is 1. The standard InChI is InChI=1S/C33H43F2N5O5S/c1-4-6-12-46(44,45)21-29(39-32(43)40-20-22(3)18-37-40)31(42)38-28(16-24-14-26(34)17-27(35)15-24)30(41)19-36-33(10-11-33)25-9-7-8-23(5-2)13-25/h7-9,13-15,17-18,20,28-30,36,41H,4-6,10-12,16,19,21H2,1-3H3,(H,38,42)(H,39,43). The zero-order valence-electron chi connectivity index (χ0n) is 26.4. The predicted molar refractivity (Wildman–Crippen MR) is 171 cm³/mol. The lowest BCUT2D eigenvalue weighted by Crippen LogP contribution is -2.57. The van der Waals surface area contributed by atoms with E-state index >= 15 is 0 Å². The van der Waals surface area contributed by atoms with E-state index in [2.05, 4.69) is 34.0 Å². The number of halogens is 2. The highest BCUT2D eigenvalue weighted by Crippen LogP contribution is 2.45. The van der Waals surface area contributed by atoms with Gasteiger partial charge >= 0.3 is 6.03 Å². The number of aryl methyl sites for hydroxylation is 2. The number of rotatable bonds is 16. The smallest absolute Gasteiger partial charge is 0.342 e. The van der Waals surface area contributed by atoms with Crippen molar-refractivity contribution in [1.82, 2.24) is 25.7 Å². The van der Waals surface area contributed by atoms with Gasteiger partial charge in [-0.1, -0.05) is 44.5 Å². The first-order valence-electron chi connectivity index (χ1n) is 15.6. The van der Waals surface area contributed by atoms with Crippen LogP contribution in [0, 0.1) is 18.6 Å². The predicted octanol–water partition coefficient (Wildman–Crippen LogP) is 3.54. The molecule has 1 fully saturated rings. The molecule has 1 heterocycles. The van der Waals surface area contributed by atoms with Crippen LogP contribution in [0.3, 0.4) is 0 Å². The summed E-state index contributed by atoms with van der Waals surface area (Å²) < 4.78 is 55.0. The molecule has 1 aromatic heterocycles. The second-order valence-corrected chi connectivity index (χ2v) is 14.3. The van der Waals surface area contributed by atoms with Crippen LogP contribution in [0.25, 0.3) is 0 Å². The highest BCUT2D eigenvalue weighted by atomic mass is 32.2. The Labute approximate surface area is 268 Å². The van der Waals surface area contributed by atoms with E-state index in [1.165, 1.54) is 18.0 Å². The van der Waals surface area contributed by atoms with Crippen LogP contribution in [-0.2, 0) is 33.0 Å². The number of carbonyl (C=O) groups excluding carboxylic acids is 2. The average Bonchev–Trinajstić information content (AvgIpc) is 3.68. The number of aliphatic hydroxyl groups is 1. The van der Waals surface area contributed by atoms with E-state index in [4.69, 9.17) is 0 Å². The minimum atomic E-state index is -3.77. The van der Waals surface area contributed by atoms with Crippen molar-refractivity contribution in [3.63, 3.8) is 0 Å². The summed E-state index contributed by atoms with van der Waals surface area (Å²) >= 11 is 0. The molecule has 10 nitrogen and oxygen atoms in total. The van der Waals surface area contributed by atoms with Gasteiger partial charge in [-0.25, -0.2) is 22.0 Å². The molecular formula is C33H43F2N5O5S. The third kappa shape index (κ3) is 9.66. The fourth-order valence-corrected chi connectivity index (χ4v) is 7.03. The van der Waals surface area contributed by atoms with E-state index in [0.29, 0.717) is 18.4 Å². The summed E-state index contributed by atoms with van der Waals surface area (Å²) in [4.78, 5) is 26.6. The maximum Gasteiger partial charge on any atom is 0.342 e. The topological polar surface area (TPSA) is 142 Å². The third-order valence-electron chi connectivity index (χ3n) is 8.22. The monoisotopic (exact) mass is 659 g/mol. The van der Waals surface area contributed by atoms with Crippen LogP contribution in [0.2, 0.25) is 0 Å². The zero-order valence-corrected chi connectivity index (χ0v) is 27.2. The number of hydrogen-bond donors (Lipinski definition) is 4. The van der Waals surface area contributed by atoms with Crippen molar-refractivity contribution < 1.29 is 31.9 Å². The van der Waals surface area contributed by atoms with E-state index < -0.39 is 57.4 Å². The Hall–Kier alpha value is -3.68. The van der Waals surface area contributed by atoms with Gasteiger partial charge in [0.2, 0.25) is 5.91 Å². The van der Waals surface area contributed by atoms with Crippen molar-refractivity contribution in [1.29, 1.82) is 0 Å². The second kappa shape index (κ2) is 15.3. The maximum absolute atomic E-state index is 14.1. The lowest BCUT2D eigenvalue weighted by Gasteiger charge is -2.29. The minimum Gasteiger partial charge on any atom is -0.390 e. The highest BCUT2D eigenvalue weighted by molar-refractivity contribution is 7.91. The fourth-order valence-electron chi connectivity index (χ4n) is 5.40. The van der Waals surface area contributed by atoms with Crippen molar-refractivity contribution in [2.24, 2.45) is 0 Å². The van der Waals surface area contributed by atoms with Gasteiger partial charge in [0.05, 0.1) is 29.8 Å². The molecule has 3 atom stereocenters. The number of aliphatic hydroxyl groups excluding tert-OH is 1. The summed E-state index contributed by atoms with van der Waals surface area (Å²) in [5.74, 6) is -3.36. The van der Waals surface area contributed by atoms with E-state index in [-0.39, 0.29) is 29.8 Å². The molecule has 0 bridgehead atoms. The molecule has 0 aliphatic heterocycles. The van der Waals surface area contributed by atoms with Gasteiger partial charge in [0.15, 0.2) is 9.84 Å². The largest absolute Gasteiger partial charge is 0.390 e. The molecule has 1 aliphatic carbocycles. The van der Waals surface area contributed by atoms with Crippen LogP contribution >= 0.6 is 0 Å². The average molecular weight is 660 g/mol. The van der Waals surface area contributed by atoms with Gasteiger partial charge < -0.3 is 21.1 Å². The summed E-state index contributed by atoms with van der Waals surface area (Å²) in [7, 11) is -3.77. The number of benzene rings is 2. The molecule has 250 valence electrons. The molecule has 4 rings (SSSR count). The number of nitrogens with one attached hydrogen (secondary N) is 3. The van der Waals surface area contributed by atoms with Crippen LogP contribution in [0.1, 0.15) is 61.8 Å². The van der Waals surface area contributed by atoms with Crippen LogP contribution in [0.15, 0.2) is 54.9 Å². The number of amides is 2. The summed E-state index contributed by atoms with van der Waals surface area (Å²) in [6.45, 7) is 5.65. The van der Waals surface area contributed by atoms with E-state index in [9.17, 15) is 31.9 Å². The Morgan fingerprint density at radius 1 is 1.07 bits per heavy atom. The Bertz CT molecular complexity index is 1610. The maximum atomic E-state index is 14.1. The Morgan fingerprint density at radius 2 is 1.78 bits per heavy atom. The summed E-state index contributed by atoms with van der Waals surface area (Å²) in [6.07, 6.45) is 5.01. The normalized spacial score (nSPS) is 16.0. The fraction of sp³-hybridized carbons (Fsp3) is 0.485. The van der Waals surface area contributed by atoms with Gasteiger partial charge in [0.1, 0.15) is 17.7 Å². The molecule has 0 saturated heterocycles. The second-order valence-electron chi connectivity index (χ2n) is 12.1. The Kier molecular flexibility index (Phi) is 11.7. The lowest BCUT2D eigenvalue weighted by molar-refractivity contribution is -0.124. The number of carbonyl (C=O) groups is 2. The highest BCUT2D eigenvalue weighted by Gasteiger charge is 2.44. The van der Waals surface area contributed by atoms with Crippen LogP contribution in [-0.4, -0.2) is 71.5 Å². The molecule has 46 heavy (non-hydrogen) atoms. The van der Waals surface area contributed by atoms with Crippen molar-refractivity contribution in [2.45, 2.75) is 83.0 Å². The molecule has 1 saturated carbocycles. The molecule has 1 aliphatic rings. The van der Waals surface area contributed by atoms with Crippen LogP contribution in [0.4, 0.5) is 13.6 Å². The van der Waals surface area contributed by atoms with Crippen molar-refractivity contribution in [3.05, 3.63) is 88.7 Å². The minimum absolute atomic E-state index is 0.0253. The molecule has 4 N–H and O–H groups in total. The van der Waals surface area contributed by atoms with Crippen LogP contribution in [0.5, 0.6) is 0 Å². The summed E-state index contributed by atoms with van der Waals surface area (Å²) in [5, 5.41) is 23.9. The third-order valence-corrected chi connectivity index (χ3v) is 9.97. The molecule has 2 aromatic carbocycles. The van der Waals surface area contributed by atoms with Gasteiger partial charge in [-0.2, -0.15) is 9.78 Å². The van der Waals surface area contributed by atoms with Gasteiger partial charge in [-0.3, -0.25) is 4.79 Å². The van der Waals surface area contributed by atoms with Crippen molar-refractivity contribution >= 4 is 21.8 Å². The number of unbranched alkanes of at least 4 members (excludes halogenated alkanes) is 1. The lowest BCUT2D eigenvalue weighted by atomic mass is 9.98. The SMILES string of the molecule is CCCCS(=O)(=O)CC(NC(=O)n1cc(C)cn1)C(=O)NC(Cc1cc(F)cc(F)c1)C(O)CNC1(c2cccc(CC)c2)CC1. The quantitative estimate of drug-likeness (QED) is 0.184. The molecule has 3 unspecified atom stereocenters. The Balaban J connectivity index is 1.56. The molecular weight excluding hydrogens is 616 g/mol. The number of hydrogen-bond acceptors (Lipinski definition) is 7. The van der Waals surface area contributed by atoms with E-state index in [1.807, 2.05) is 25.1 Å². The molecule has 3 aromatic rings. The molecule has 0 spiro atoms. The summed E-state index contributed by atoms with van der Waals surface area (Å²) in [5.41, 5.74) is 2.77. The van der Waals surface area contributed by atoms with Crippen molar-refractivity contribution in [2.75, 3.05) is 18.1 Å².